The van der Waals surface area contributed by atoms with Gasteiger partial charge in [0.05, 0.1) is 27.7 Å². The van der Waals surface area contributed by atoms with Crippen LogP contribution in [0.15, 0.2) is 30.3 Å². The Kier molecular flexibility index (Phi) is 5.86. The zero-order valence-electron chi connectivity index (χ0n) is 17.1. The van der Waals surface area contributed by atoms with Gasteiger partial charge in [-0.25, -0.2) is 4.98 Å². The molecule has 32 heavy (non-hydrogen) atoms. The summed E-state index contributed by atoms with van der Waals surface area (Å²) >= 11 is 1.05. The second-order valence-corrected chi connectivity index (χ2v) is 8.26. The summed E-state index contributed by atoms with van der Waals surface area (Å²) in [4.78, 5) is 40.8. The number of hydrogen-bond acceptors (Lipinski definition) is 9. The van der Waals surface area contributed by atoms with E-state index in [0.29, 0.717) is 15.9 Å². The molecule has 1 fully saturated rings. The summed E-state index contributed by atoms with van der Waals surface area (Å²) in [5, 5.41) is 25.6. The lowest BCUT2D eigenvalue weighted by molar-refractivity contribution is -0.384. The number of benzene rings is 2. The van der Waals surface area contributed by atoms with E-state index >= 15 is 0 Å². The number of nitrogens with one attached hydrogen (secondary N) is 1. The van der Waals surface area contributed by atoms with E-state index in [4.69, 9.17) is 4.74 Å². The molecule has 0 saturated carbocycles. The minimum absolute atomic E-state index is 0.120. The monoisotopic (exact) mass is 457 g/mol. The second-order valence-electron chi connectivity index (χ2n) is 7.23. The number of amides is 1. The molecule has 0 bridgehead atoms. The summed E-state index contributed by atoms with van der Waals surface area (Å²) in [5.74, 6) is -0.349. The average molecular weight is 457 g/mol. The van der Waals surface area contributed by atoms with E-state index in [0.717, 1.165) is 43.7 Å². The maximum Gasteiger partial charge on any atom is 0.293 e. The predicted molar refractivity (Wildman–Crippen MR) is 120 cm³/mol. The maximum atomic E-state index is 12.8. The molecule has 166 valence electrons. The van der Waals surface area contributed by atoms with Crippen molar-refractivity contribution >= 4 is 49.7 Å². The zero-order valence-corrected chi connectivity index (χ0v) is 17.9. The molecule has 3 aromatic rings. The number of nitro benzene ring substituents is 2. The summed E-state index contributed by atoms with van der Waals surface area (Å²) in [7, 11) is 1.37. The molecule has 1 saturated heterocycles. The quantitative estimate of drug-likeness (QED) is 0.425. The van der Waals surface area contributed by atoms with Crippen LogP contribution in [0, 0.1) is 20.2 Å². The third-order valence-electron chi connectivity index (χ3n) is 5.23. The molecule has 1 aliphatic heterocycles. The van der Waals surface area contributed by atoms with Crippen LogP contribution in [0.2, 0.25) is 0 Å². The fourth-order valence-electron chi connectivity index (χ4n) is 3.68. The smallest absolute Gasteiger partial charge is 0.293 e. The highest BCUT2D eigenvalue weighted by atomic mass is 32.1. The highest BCUT2D eigenvalue weighted by molar-refractivity contribution is 7.22. The number of piperidine rings is 1. The molecule has 0 atom stereocenters. The fourth-order valence-corrected chi connectivity index (χ4v) is 4.59. The molecule has 12 heteroatoms. The van der Waals surface area contributed by atoms with Gasteiger partial charge in [0.1, 0.15) is 11.2 Å². The van der Waals surface area contributed by atoms with E-state index in [1.54, 1.807) is 12.1 Å². The van der Waals surface area contributed by atoms with E-state index in [9.17, 15) is 25.0 Å². The van der Waals surface area contributed by atoms with Gasteiger partial charge in [-0.3, -0.25) is 30.3 Å². The van der Waals surface area contributed by atoms with Crippen molar-refractivity contribution in [2.75, 3.05) is 30.4 Å². The van der Waals surface area contributed by atoms with E-state index < -0.39 is 15.8 Å². The van der Waals surface area contributed by atoms with Gasteiger partial charge < -0.3 is 9.64 Å². The number of ether oxygens (including phenoxy) is 1. The molecule has 0 spiro atoms. The largest absolute Gasteiger partial charge is 0.494 e. The zero-order chi connectivity index (χ0) is 22.8. The number of non-ortho nitro benzene ring substituents is 1. The van der Waals surface area contributed by atoms with Crippen molar-refractivity contribution < 1.29 is 19.4 Å². The molecule has 2 heterocycles. The topological polar surface area (TPSA) is 141 Å². The highest BCUT2D eigenvalue weighted by Gasteiger charge is 2.24. The number of hydrogen-bond donors (Lipinski definition) is 1. The summed E-state index contributed by atoms with van der Waals surface area (Å²) in [6.07, 6.45) is 3.04. The van der Waals surface area contributed by atoms with Crippen LogP contribution < -0.4 is 15.0 Å². The van der Waals surface area contributed by atoms with Gasteiger partial charge in [-0.05, 0) is 31.4 Å². The van der Waals surface area contributed by atoms with Gasteiger partial charge in [-0.2, -0.15) is 0 Å². The van der Waals surface area contributed by atoms with E-state index in [1.165, 1.54) is 25.3 Å². The van der Waals surface area contributed by atoms with Crippen LogP contribution in [0.3, 0.4) is 0 Å². The Morgan fingerprint density at radius 2 is 1.88 bits per heavy atom. The van der Waals surface area contributed by atoms with Gasteiger partial charge in [0.2, 0.25) is 0 Å². The van der Waals surface area contributed by atoms with Crippen molar-refractivity contribution in [3.63, 3.8) is 0 Å². The molecule has 1 N–H and O–H groups in total. The molecular formula is C20H19N5O6S. The summed E-state index contributed by atoms with van der Waals surface area (Å²) in [6, 6.07) is 7.02. The van der Waals surface area contributed by atoms with Gasteiger partial charge >= 0.3 is 0 Å². The third kappa shape index (κ3) is 4.17. The Hall–Kier alpha value is -3.80. The van der Waals surface area contributed by atoms with Crippen molar-refractivity contribution in [3.8, 4) is 5.75 Å². The maximum absolute atomic E-state index is 12.8. The number of carbonyl (C=O) groups is 1. The van der Waals surface area contributed by atoms with Gasteiger partial charge in [-0.1, -0.05) is 11.3 Å². The summed E-state index contributed by atoms with van der Waals surface area (Å²) in [6.45, 7) is 1.48. The first kappa shape index (κ1) is 21.4. The minimum atomic E-state index is -0.564. The van der Waals surface area contributed by atoms with Crippen LogP contribution in [0.5, 0.6) is 5.75 Å². The van der Waals surface area contributed by atoms with Crippen LogP contribution in [0.4, 0.5) is 22.2 Å². The van der Waals surface area contributed by atoms with E-state index in [-0.39, 0.29) is 27.8 Å². The second kappa shape index (κ2) is 8.75. The summed E-state index contributed by atoms with van der Waals surface area (Å²) < 4.78 is 5.65. The molecular weight excluding hydrogens is 438 g/mol. The number of carbonyl (C=O) groups excluding carboxylic acids is 1. The lowest BCUT2D eigenvalue weighted by atomic mass is 10.1. The molecule has 0 unspecified atom stereocenters. The van der Waals surface area contributed by atoms with Crippen molar-refractivity contribution in [1.82, 2.24) is 4.98 Å². The lowest BCUT2D eigenvalue weighted by Gasteiger charge is -2.28. The van der Waals surface area contributed by atoms with Crippen molar-refractivity contribution in [1.29, 1.82) is 0 Å². The van der Waals surface area contributed by atoms with Crippen LogP contribution in [-0.2, 0) is 0 Å². The molecule has 1 amide bonds. The van der Waals surface area contributed by atoms with Crippen molar-refractivity contribution in [2.45, 2.75) is 19.3 Å². The lowest BCUT2D eigenvalue weighted by Crippen LogP contribution is -2.30. The molecule has 0 radical (unpaired) electrons. The number of rotatable bonds is 6. The van der Waals surface area contributed by atoms with Crippen LogP contribution in [0.1, 0.15) is 29.6 Å². The van der Waals surface area contributed by atoms with Crippen molar-refractivity contribution in [2.24, 2.45) is 0 Å². The van der Waals surface area contributed by atoms with Gasteiger partial charge in [-0.15, -0.1) is 0 Å². The van der Waals surface area contributed by atoms with Crippen LogP contribution in [0.25, 0.3) is 10.2 Å². The molecule has 4 rings (SSSR count). The number of nitrogens with zero attached hydrogens (tertiary/aromatic N) is 4. The Morgan fingerprint density at radius 3 is 2.53 bits per heavy atom. The number of nitro groups is 2. The first-order valence-electron chi connectivity index (χ1n) is 9.85. The third-order valence-corrected chi connectivity index (χ3v) is 6.14. The average Bonchev–Trinajstić information content (AvgIpc) is 3.20. The van der Waals surface area contributed by atoms with Gasteiger partial charge in [0.25, 0.3) is 17.3 Å². The van der Waals surface area contributed by atoms with Crippen LogP contribution >= 0.6 is 11.3 Å². The Bertz CT molecular complexity index is 1220. The van der Waals surface area contributed by atoms with Crippen molar-refractivity contribution in [3.05, 3.63) is 56.1 Å². The first-order valence-corrected chi connectivity index (χ1v) is 10.7. The highest BCUT2D eigenvalue weighted by Crippen LogP contribution is 2.37. The predicted octanol–water partition coefficient (Wildman–Crippen LogP) is 4.36. The van der Waals surface area contributed by atoms with E-state index in [1.807, 2.05) is 4.90 Å². The number of aromatic nitrogens is 1. The van der Waals surface area contributed by atoms with Gasteiger partial charge in [0.15, 0.2) is 10.9 Å². The first-order chi connectivity index (χ1) is 15.4. The normalized spacial score (nSPS) is 13.7. The number of fused-ring (bicyclic) bond motifs is 1. The molecule has 1 aliphatic rings. The molecule has 11 nitrogen and oxygen atoms in total. The van der Waals surface area contributed by atoms with Crippen LogP contribution in [-0.4, -0.2) is 40.9 Å². The number of anilines is 2. The standard InChI is InChI=1S/C20H19N5O6S/c1-31-16-10-13(24(27)28)11-17-18(16)21-20(32-17)22-19(26)12-5-6-14(15(9-12)25(29)30)23-7-3-2-4-8-23/h5-6,9-11H,2-4,7-8H2,1H3,(H,21,22,26). The Balaban J connectivity index is 1.62. The Morgan fingerprint density at radius 1 is 1.12 bits per heavy atom. The van der Waals surface area contributed by atoms with E-state index in [2.05, 4.69) is 10.3 Å². The van der Waals surface area contributed by atoms with Gasteiger partial charge in [0, 0.05) is 30.8 Å². The fraction of sp³-hybridized carbons (Fsp3) is 0.300. The minimum Gasteiger partial charge on any atom is -0.494 e. The SMILES string of the molecule is COc1cc([N+](=O)[O-])cc2sc(NC(=O)c3ccc(N4CCCCC4)c([N+](=O)[O-])c3)nc12. The number of thiazole rings is 1. The summed E-state index contributed by atoms with van der Waals surface area (Å²) in [5.41, 5.74) is 0.726. The molecule has 2 aromatic carbocycles. The Labute approximate surface area is 185 Å². The molecule has 1 aromatic heterocycles. The number of methoxy groups -OCH3 is 1. The molecule has 0 aliphatic carbocycles.